The number of hydroxylamine groups is 3. The Bertz CT molecular complexity index is 676. The van der Waals surface area contributed by atoms with Crippen molar-refractivity contribution in [1.29, 1.82) is 0 Å². The first-order chi connectivity index (χ1) is 15.0. The van der Waals surface area contributed by atoms with Crippen LogP contribution in [0.2, 0.25) is 0 Å². The van der Waals surface area contributed by atoms with Crippen molar-refractivity contribution in [3.8, 4) is 0 Å². The molecule has 4 heterocycles. The van der Waals surface area contributed by atoms with Crippen LogP contribution in [0.25, 0.3) is 0 Å². The van der Waals surface area contributed by atoms with Gasteiger partial charge in [0.2, 0.25) is 0 Å². The fourth-order valence-corrected chi connectivity index (χ4v) is 5.53. The number of likely N-dealkylation sites (tertiary alicyclic amines) is 1. The summed E-state index contributed by atoms with van der Waals surface area (Å²) in [6, 6.07) is -1.36. The zero-order valence-electron chi connectivity index (χ0n) is 17.7. The molecule has 2 bridgehead atoms. The van der Waals surface area contributed by atoms with Crippen molar-refractivity contribution >= 4 is 23.3 Å². The summed E-state index contributed by atoms with van der Waals surface area (Å²) in [5.41, 5.74) is 2.49. The topological polar surface area (TPSA) is 124 Å². The van der Waals surface area contributed by atoms with E-state index in [1.165, 1.54) is 43.7 Å². The van der Waals surface area contributed by atoms with E-state index in [0.29, 0.717) is 25.4 Å². The zero-order valence-corrected chi connectivity index (χ0v) is 18.6. The van der Waals surface area contributed by atoms with Crippen LogP contribution in [0.5, 0.6) is 0 Å². The van der Waals surface area contributed by atoms with Crippen molar-refractivity contribution in [2.75, 3.05) is 39.3 Å². The summed E-state index contributed by atoms with van der Waals surface area (Å²) in [5, 5.41) is 4.38. The number of piperidine rings is 1. The number of hydrogen-bond donors (Lipinski definition) is 3. The summed E-state index contributed by atoms with van der Waals surface area (Å²) < 4.78 is 24.5. The summed E-state index contributed by atoms with van der Waals surface area (Å²) in [4.78, 5) is 34.4. The van der Waals surface area contributed by atoms with E-state index in [0.717, 1.165) is 24.6 Å². The number of amides is 3. The zero-order chi connectivity index (χ0) is 21.8. The normalized spacial score (nSPS) is 32.9. The molecule has 3 unspecified atom stereocenters. The number of carbonyl (C=O) groups is 2. The molecule has 3 amide bonds. The molecule has 4 rings (SSSR count). The largest absolute Gasteiger partial charge is 0.346 e. The Balaban J connectivity index is 1.17. The van der Waals surface area contributed by atoms with Gasteiger partial charge in [-0.15, -0.1) is 4.28 Å². The Morgan fingerprint density at radius 1 is 1.23 bits per heavy atom. The van der Waals surface area contributed by atoms with Crippen LogP contribution in [0.1, 0.15) is 44.9 Å². The van der Waals surface area contributed by atoms with Gasteiger partial charge in [0, 0.05) is 19.1 Å². The number of nitrogens with zero attached hydrogens (tertiary/aromatic N) is 3. The van der Waals surface area contributed by atoms with E-state index in [4.69, 9.17) is 9.39 Å². The van der Waals surface area contributed by atoms with Gasteiger partial charge in [-0.3, -0.25) is 14.2 Å². The summed E-state index contributed by atoms with van der Waals surface area (Å²) in [7, 11) is 0. The molecular weight excluding hydrogens is 426 g/mol. The number of nitrogens with one attached hydrogen (secondary N) is 2. The van der Waals surface area contributed by atoms with Crippen molar-refractivity contribution in [3.05, 3.63) is 0 Å². The van der Waals surface area contributed by atoms with Gasteiger partial charge in [0.05, 0.1) is 12.6 Å². The molecule has 0 aromatic rings. The Kier molecular flexibility index (Phi) is 7.77. The highest BCUT2D eigenvalue weighted by Crippen LogP contribution is 2.30. The number of fused-ring (bicyclic) bond motifs is 2. The van der Waals surface area contributed by atoms with Crippen molar-refractivity contribution in [3.63, 3.8) is 0 Å². The minimum atomic E-state index is -2.58. The van der Waals surface area contributed by atoms with Gasteiger partial charge < -0.3 is 15.1 Å². The highest BCUT2D eigenvalue weighted by atomic mass is 32.2. The first-order valence-electron chi connectivity index (χ1n) is 11.3. The maximum atomic E-state index is 12.6. The lowest BCUT2D eigenvalue weighted by Gasteiger charge is -2.29. The van der Waals surface area contributed by atoms with E-state index in [-0.39, 0.29) is 24.5 Å². The van der Waals surface area contributed by atoms with Crippen LogP contribution in [0, 0.1) is 5.92 Å². The molecule has 0 aromatic carbocycles. The third-order valence-electron chi connectivity index (χ3n) is 6.75. The second kappa shape index (κ2) is 10.5. The standard InChI is InChI=1S/C19H33N5O6S/c25-18(17-6-5-16-12-23(17)19(26)24(16)30-31(27)28)21-29-13-15-9-14(10-20-15)11-22-7-3-1-2-4-8-22/h14-17,20H,1-13H2,(H,21,25)(H,27,28)/t14-,15-,16?,17?/m0/s1. The lowest BCUT2D eigenvalue weighted by Crippen LogP contribution is -2.50. The Hall–Kier alpha value is -1.31. The number of carbonyl (C=O) groups excluding carboxylic acids is 2. The summed E-state index contributed by atoms with van der Waals surface area (Å²) in [5.74, 6) is 0.223. The molecular formula is C19H33N5O6S. The van der Waals surface area contributed by atoms with Gasteiger partial charge in [-0.2, -0.15) is 9.27 Å². The predicted molar refractivity (Wildman–Crippen MR) is 112 cm³/mol. The smallest absolute Gasteiger partial charge is 0.311 e. The van der Waals surface area contributed by atoms with Gasteiger partial charge in [0.1, 0.15) is 6.04 Å². The van der Waals surface area contributed by atoms with Gasteiger partial charge in [-0.1, -0.05) is 12.8 Å². The molecule has 0 saturated carbocycles. The number of rotatable bonds is 8. The monoisotopic (exact) mass is 459 g/mol. The SMILES string of the molecule is O=C(NOC[C@@H]1C[C@H](CN2CCCCCC2)CN1)C1CCC2CN1C(=O)N2OS(=O)O. The number of hydrogen-bond acceptors (Lipinski definition) is 7. The summed E-state index contributed by atoms with van der Waals surface area (Å²) in [6.45, 7) is 5.14. The third-order valence-corrected chi connectivity index (χ3v) is 7.04. The molecule has 0 radical (unpaired) electrons. The molecule has 0 aromatic heterocycles. The van der Waals surface area contributed by atoms with Crippen LogP contribution in [-0.2, 0) is 25.3 Å². The predicted octanol–water partition coefficient (Wildman–Crippen LogP) is 0.225. The van der Waals surface area contributed by atoms with E-state index in [2.05, 4.69) is 20.0 Å². The van der Waals surface area contributed by atoms with Crippen molar-refractivity contribution in [2.45, 2.75) is 63.1 Å². The van der Waals surface area contributed by atoms with E-state index in [9.17, 15) is 13.8 Å². The summed E-state index contributed by atoms with van der Waals surface area (Å²) >= 11 is -2.58. The van der Waals surface area contributed by atoms with Crippen LogP contribution in [-0.4, -0.2) is 93.0 Å². The molecule has 11 nitrogen and oxygen atoms in total. The van der Waals surface area contributed by atoms with Crippen molar-refractivity contribution < 1.29 is 27.5 Å². The fourth-order valence-electron chi connectivity index (χ4n) is 5.21. The van der Waals surface area contributed by atoms with E-state index in [1.807, 2.05) is 0 Å². The number of urea groups is 1. The van der Waals surface area contributed by atoms with Gasteiger partial charge in [-0.25, -0.2) is 10.3 Å². The van der Waals surface area contributed by atoms with Crippen LogP contribution in [0.4, 0.5) is 4.79 Å². The van der Waals surface area contributed by atoms with Crippen LogP contribution >= 0.6 is 0 Å². The van der Waals surface area contributed by atoms with E-state index >= 15 is 0 Å². The molecule has 3 N–H and O–H groups in total. The molecule has 4 saturated heterocycles. The Morgan fingerprint density at radius 3 is 2.74 bits per heavy atom. The minimum Gasteiger partial charge on any atom is -0.311 e. The molecule has 4 aliphatic heterocycles. The van der Waals surface area contributed by atoms with Gasteiger partial charge in [0.15, 0.2) is 0 Å². The molecule has 4 aliphatic rings. The third kappa shape index (κ3) is 5.74. The molecule has 0 aliphatic carbocycles. The Labute approximate surface area is 185 Å². The van der Waals surface area contributed by atoms with Crippen molar-refractivity contribution in [1.82, 2.24) is 25.7 Å². The van der Waals surface area contributed by atoms with Crippen LogP contribution in [0.3, 0.4) is 0 Å². The van der Waals surface area contributed by atoms with E-state index < -0.39 is 23.4 Å². The highest BCUT2D eigenvalue weighted by Gasteiger charge is 2.48. The quantitative estimate of drug-likeness (QED) is 0.348. The minimum absolute atomic E-state index is 0.199. The molecule has 4 fully saturated rings. The fraction of sp³-hybridized carbons (Fsp3) is 0.895. The second-order valence-electron chi connectivity index (χ2n) is 9.00. The van der Waals surface area contributed by atoms with Crippen LogP contribution in [0.15, 0.2) is 0 Å². The van der Waals surface area contributed by atoms with Gasteiger partial charge >= 0.3 is 17.4 Å². The van der Waals surface area contributed by atoms with Gasteiger partial charge in [-0.05, 0) is 57.7 Å². The molecule has 12 heteroatoms. The maximum absolute atomic E-state index is 12.6. The first kappa shape index (κ1) is 22.9. The van der Waals surface area contributed by atoms with Gasteiger partial charge in [0.25, 0.3) is 5.91 Å². The lowest BCUT2D eigenvalue weighted by molar-refractivity contribution is -0.139. The molecule has 5 atom stereocenters. The maximum Gasteiger partial charge on any atom is 0.346 e. The lowest BCUT2D eigenvalue weighted by atomic mass is 10.0. The molecule has 0 spiro atoms. The Morgan fingerprint density at radius 2 is 2.00 bits per heavy atom. The molecule has 31 heavy (non-hydrogen) atoms. The van der Waals surface area contributed by atoms with Crippen LogP contribution < -0.4 is 10.8 Å². The summed E-state index contributed by atoms with van der Waals surface area (Å²) in [6.07, 6.45) is 7.25. The van der Waals surface area contributed by atoms with Crippen molar-refractivity contribution in [2.24, 2.45) is 5.92 Å². The van der Waals surface area contributed by atoms with E-state index in [1.54, 1.807) is 0 Å². The highest BCUT2D eigenvalue weighted by molar-refractivity contribution is 7.74. The molecule has 176 valence electrons. The average molecular weight is 460 g/mol. The second-order valence-corrected chi connectivity index (χ2v) is 9.58. The average Bonchev–Trinajstić information content (AvgIpc) is 3.15. The first-order valence-corrected chi connectivity index (χ1v) is 12.3.